The van der Waals surface area contributed by atoms with Gasteiger partial charge >= 0.3 is 0 Å². The van der Waals surface area contributed by atoms with Crippen LogP contribution in [-0.2, 0) is 21.4 Å². The Kier molecular flexibility index (Phi) is 4.71. The molecule has 0 atom stereocenters. The molecule has 4 rings (SSSR count). The number of carbonyl (C=O) groups excluding carboxylic acids is 1. The number of hydrogen-bond donors (Lipinski definition) is 0. The molecule has 2 aliphatic heterocycles. The highest BCUT2D eigenvalue weighted by molar-refractivity contribution is 7.89. The molecule has 3 heterocycles. The fraction of sp³-hybridized carbons (Fsp3) is 0.556. The second kappa shape index (κ2) is 7.00. The number of aryl methyl sites for hydroxylation is 1. The van der Waals surface area contributed by atoms with E-state index in [9.17, 15) is 13.2 Å². The van der Waals surface area contributed by atoms with Gasteiger partial charge in [-0.05, 0) is 43.9 Å². The molecule has 1 aromatic heterocycles. The van der Waals surface area contributed by atoms with E-state index in [1.165, 1.54) is 0 Å². The monoisotopic (exact) mass is 376 g/mol. The van der Waals surface area contributed by atoms with Crippen molar-refractivity contribution in [1.82, 2.24) is 18.8 Å². The van der Waals surface area contributed by atoms with Crippen LogP contribution in [0.5, 0.6) is 0 Å². The summed E-state index contributed by atoms with van der Waals surface area (Å²) in [5.74, 6) is 0.178. The summed E-state index contributed by atoms with van der Waals surface area (Å²) in [6.45, 7) is 3.47. The summed E-state index contributed by atoms with van der Waals surface area (Å²) >= 11 is 0. The molecule has 140 valence electrons. The maximum atomic E-state index is 12.7. The van der Waals surface area contributed by atoms with Gasteiger partial charge in [0.1, 0.15) is 0 Å². The molecule has 0 saturated carbocycles. The van der Waals surface area contributed by atoms with Crippen LogP contribution in [0.2, 0.25) is 0 Å². The number of rotatable bonds is 5. The van der Waals surface area contributed by atoms with Crippen molar-refractivity contribution in [3.63, 3.8) is 0 Å². The van der Waals surface area contributed by atoms with Crippen molar-refractivity contribution in [3.05, 3.63) is 24.5 Å². The molecule has 26 heavy (non-hydrogen) atoms. The zero-order valence-electron chi connectivity index (χ0n) is 14.8. The fourth-order valence-corrected chi connectivity index (χ4v) is 5.34. The van der Waals surface area contributed by atoms with Crippen molar-refractivity contribution in [3.8, 4) is 0 Å². The molecule has 0 radical (unpaired) electrons. The summed E-state index contributed by atoms with van der Waals surface area (Å²) in [5.41, 5.74) is 1.51. The topological polar surface area (TPSA) is 75.5 Å². The van der Waals surface area contributed by atoms with Gasteiger partial charge in [0.25, 0.3) is 0 Å². The molecule has 2 aromatic rings. The highest BCUT2D eigenvalue weighted by Gasteiger charge is 2.27. The third-order valence-electron chi connectivity index (χ3n) is 5.32. The average Bonchev–Trinajstić information content (AvgIpc) is 3.41. The Hall–Kier alpha value is -1.93. The number of amides is 1. The summed E-state index contributed by atoms with van der Waals surface area (Å²) in [5, 5.41) is 0. The van der Waals surface area contributed by atoms with Gasteiger partial charge in [-0.25, -0.2) is 13.4 Å². The van der Waals surface area contributed by atoms with E-state index >= 15 is 0 Å². The molecule has 8 heteroatoms. The van der Waals surface area contributed by atoms with E-state index in [0.29, 0.717) is 36.5 Å². The Bertz CT molecular complexity index is 910. The van der Waals surface area contributed by atoms with Crippen LogP contribution in [-0.4, -0.2) is 59.3 Å². The van der Waals surface area contributed by atoms with Crippen LogP contribution in [0.3, 0.4) is 0 Å². The van der Waals surface area contributed by atoms with E-state index in [1.807, 2.05) is 9.47 Å². The quantitative estimate of drug-likeness (QED) is 0.798. The minimum atomic E-state index is -3.43. The Balaban J connectivity index is 1.51. The lowest BCUT2D eigenvalue weighted by molar-refractivity contribution is -0.130. The number of hydrogen-bond acceptors (Lipinski definition) is 4. The van der Waals surface area contributed by atoms with Gasteiger partial charge in [0.15, 0.2) is 0 Å². The average molecular weight is 376 g/mol. The van der Waals surface area contributed by atoms with E-state index in [1.54, 1.807) is 28.8 Å². The zero-order valence-corrected chi connectivity index (χ0v) is 15.6. The zero-order chi connectivity index (χ0) is 18.1. The summed E-state index contributed by atoms with van der Waals surface area (Å²) < 4.78 is 28.8. The van der Waals surface area contributed by atoms with Crippen molar-refractivity contribution < 1.29 is 13.2 Å². The third-order valence-corrected chi connectivity index (χ3v) is 7.22. The maximum Gasteiger partial charge on any atom is 0.243 e. The number of likely N-dealkylation sites (tertiary alicyclic amines) is 1. The van der Waals surface area contributed by atoms with E-state index < -0.39 is 10.0 Å². The number of carbonyl (C=O) groups is 1. The number of aromatic nitrogens is 2. The van der Waals surface area contributed by atoms with Crippen molar-refractivity contribution in [1.29, 1.82) is 0 Å². The minimum Gasteiger partial charge on any atom is -0.343 e. The number of fused-ring (bicyclic) bond motifs is 1. The number of imidazole rings is 1. The number of nitrogens with zero attached hydrogens (tertiary/aromatic N) is 4. The summed E-state index contributed by atoms with van der Waals surface area (Å²) in [7, 11) is -3.43. The SMILES string of the molecule is O=C(CCn1cnc2cc(S(=O)(=O)N3CCCC3)ccc21)N1CCCC1. The number of benzene rings is 1. The normalized spacial score (nSPS) is 18.8. The molecule has 0 N–H and O–H groups in total. The number of sulfonamides is 1. The molecular formula is C18H24N4O3S. The highest BCUT2D eigenvalue weighted by Crippen LogP contribution is 2.24. The molecule has 1 amide bonds. The first-order valence-electron chi connectivity index (χ1n) is 9.28. The maximum absolute atomic E-state index is 12.7. The summed E-state index contributed by atoms with van der Waals surface area (Å²) in [4.78, 5) is 18.8. The Morgan fingerprint density at radius 1 is 1.04 bits per heavy atom. The third kappa shape index (κ3) is 3.23. The van der Waals surface area contributed by atoms with E-state index in [4.69, 9.17) is 0 Å². The van der Waals surface area contributed by atoms with Crippen molar-refractivity contribution in [2.75, 3.05) is 26.2 Å². The molecule has 0 spiro atoms. The molecule has 0 aliphatic carbocycles. The van der Waals surface area contributed by atoms with E-state index in [-0.39, 0.29) is 5.91 Å². The molecule has 2 fully saturated rings. The van der Waals surface area contributed by atoms with E-state index in [0.717, 1.165) is 44.3 Å². The molecule has 2 aliphatic rings. The first-order valence-corrected chi connectivity index (χ1v) is 10.7. The fourth-order valence-electron chi connectivity index (χ4n) is 3.80. The largest absolute Gasteiger partial charge is 0.343 e. The van der Waals surface area contributed by atoms with Crippen LogP contribution < -0.4 is 0 Å². The van der Waals surface area contributed by atoms with Crippen LogP contribution in [0.1, 0.15) is 32.1 Å². The Morgan fingerprint density at radius 3 is 2.46 bits per heavy atom. The van der Waals surface area contributed by atoms with Crippen LogP contribution >= 0.6 is 0 Å². The van der Waals surface area contributed by atoms with Gasteiger partial charge < -0.3 is 9.47 Å². The van der Waals surface area contributed by atoms with Crippen molar-refractivity contribution in [2.24, 2.45) is 0 Å². The lowest BCUT2D eigenvalue weighted by atomic mass is 10.3. The van der Waals surface area contributed by atoms with Crippen LogP contribution in [0, 0.1) is 0 Å². The Labute approximate surface area is 153 Å². The van der Waals surface area contributed by atoms with Gasteiger partial charge in [-0.2, -0.15) is 4.31 Å². The van der Waals surface area contributed by atoms with Crippen molar-refractivity contribution >= 4 is 27.0 Å². The molecule has 1 aromatic carbocycles. The van der Waals surface area contributed by atoms with Crippen LogP contribution in [0.25, 0.3) is 11.0 Å². The smallest absolute Gasteiger partial charge is 0.243 e. The van der Waals surface area contributed by atoms with Gasteiger partial charge in [0, 0.05) is 39.1 Å². The predicted molar refractivity (Wildman–Crippen MR) is 98.2 cm³/mol. The standard InChI is InChI=1S/C18H24N4O3S/c23-18(20-8-1-2-9-20)7-12-21-14-19-16-13-15(5-6-17(16)21)26(24,25)22-10-3-4-11-22/h5-6,13-14H,1-4,7-12H2. The lowest BCUT2D eigenvalue weighted by Crippen LogP contribution is -2.28. The molecule has 0 unspecified atom stereocenters. The van der Waals surface area contributed by atoms with Gasteiger partial charge in [-0.1, -0.05) is 0 Å². The van der Waals surface area contributed by atoms with Crippen LogP contribution in [0.4, 0.5) is 0 Å². The molecule has 0 bridgehead atoms. The minimum absolute atomic E-state index is 0.178. The van der Waals surface area contributed by atoms with E-state index in [2.05, 4.69) is 4.98 Å². The molecular weight excluding hydrogens is 352 g/mol. The van der Waals surface area contributed by atoms with Gasteiger partial charge in [0.05, 0.1) is 22.3 Å². The molecule has 7 nitrogen and oxygen atoms in total. The first-order chi connectivity index (χ1) is 12.6. The van der Waals surface area contributed by atoms with Gasteiger partial charge in [-0.3, -0.25) is 4.79 Å². The summed E-state index contributed by atoms with van der Waals surface area (Å²) in [6, 6.07) is 5.09. The van der Waals surface area contributed by atoms with Crippen LogP contribution in [0.15, 0.2) is 29.4 Å². The predicted octanol–water partition coefficient (Wildman–Crippen LogP) is 1.83. The summed E-state index contributed by atoms with van der Waals surface area (Å²) in [6.07, 6.45) is 6.15. The second-order valence-electron chi connectivity index (χ2n) is 7.04. The Morgan fingerprint density at radius 2 is 1.73 bits per heavy atom. The van der Waals surface area contributed by atoms with Crippen molar-refractivity contribution in [2.45, 2.75) is 43.5 Å². The molecule has 2 saturated heterocycles. The lowest BCUT2D eigenvalue weighted by Gasteiger charge is -2.16. The highest BCUT2D eigenvalue weighted by atomic mass is 32.2. The first kappa shape index (κ1) is 17.5. The van der Waals surface area contributed by atoms with Gasteiger partial charge in [-0.15, -0.1) is 0 Å². The second-order valence-corrected chi connectivity index (χ2v) is 8.98. The van der Waals surface area contributed by atoms with Gasteiger partial charge in [0.2, 0.25) is 15.9 Å².